The Hall–Kier alpha value is -2.96. The smallest absolute Gasteiger partial charge is 0.306 e. The van der Waals surface area contributed by atoms with E-state index < -0.39 is 18.2 Å². The van der Waals surface area contributed by atoms with Crippen LogP contribution in [0.25, 0.3) is 0 Å². The maximum absolute atomic E-state index is 13.1. The number of rotatable bonds is 41. The first-order valence-corrected chi connectivity index (χ1v) is 23.8. The third-order valence-electron chi connectivity index (χ3n) is 10.2. The van der Waals surface area contributed by atoms with Gasteiger partial charge in [-0.15, -0.1) is 0 Å². The minimum Gasteiger partial charge on any atom is -0.462 e. The zero-order valence-corrected chi connectivity index (χ0v) is 37.6. The Morgan fingerprint density at radius 3 is 1.41 bits per heavy atom. The highest BCUT2D eigenvalue weighted by molar-refractivity contribution is 5.77. The first-order chi connectivity index (χ1) is 28.5. The SMILES string of the molecule is CC/C=C/C/C=C/C/C=C/C/C=C/C/C=C/CCC(=O)OC(CCCCCCC/C=C/C/C=C/CC)CC(=O)NC(CO)C(O)CCCCCCCCCCCCC. The van der Waals surface area contributed by atoms with E-state index in [4.69, 9.17) is 4.74 Å². The molecule has 3 atom stereocenters. The lowest BCUT2D eigenvalue weighted by atomic mass is 10.0. The van der Waals surface area contributed by atoms with E-state index in [2.05, 4.69) is 105 Å². The average Bonchev–Trinajstić information content (AvgIpc) is 3.22. The third kappa shape index (κ3) is 39.8. The summed E-state index contributed by atoms with van der Waals surface area (Å²) in [7, 11) is 0. The van der Waals surface area contributed by atoms with E-state index in [1.807, 2.05) is 6.08 Å². The summed E-state index contributed by atoms with van der Waals surface area (Å²) < 4.78 is 5.86. The Morgan fingerprint density at radius 2 is 0.931 bits per heavy atom. The molecular formula is C52H89NO5. The highest BCUT2D eigenvalue weighted by Gasteiger charge is 2.24. The minimum absolute atomic E-state index is 0.0341. The van der Waals surface area contributed by atoms with E-state index in [1.54, 1.807) is 0 Å². The molecule has 58 heavy (non-hydrogen) atoms. The van der Waals surface area contributed by atoms with Gasteiger partial charge in [0, 0.05) is 6.42 Å². The van der Waals surface area contributed by atoms with Crippen molar-refractivity contribution in [3.63, 3.8) is 0 Å². The summed E-state index contributed by atoms with van der Waals surface area (Å²) in [5.74, 6) is -0.595. The van der Waals surface area contributed by atoms with E-state index >= 15 is 0 Å². The van der Waals surface area contributed by atoms with Crippen LogP contribution < -0.4 is 5.32 Å². The van der Waals surface area contributed by atoms with Gasteiger partial charge in [0.15, 0.2) is 0 Å². The number of unbranched alkanes of at least 4 members (excludes halogenated alkanes) is 15. The van der Waals surface area contributed by atoms with Gasteiger partial charge in [0.1, 0.15) is 6.10 Å². The topological polar surface area (TPSA) is 95.9 Å². The van der Waals surface area contributed by atoms with Crippen LogP contribution in [0.4, 0.5) is 0 Å². The van der Waals surface area contributed by atoms with Crippen LogP contribution >= 0.6 is 0 Å². The van der Waals surface area contributed by atoms with Crippen molar-refractivity contribution in [1.82, 2.24) is 5.32 Å². The van der Waals surface area contributed by atoms with Crippen molar-refractivity contribution in [2.45, 2.75) is 225 Å². The van der Waals surface area contributed by atoms with Gasteiger partial charge in [-0.25, -0.2) is 0 Å². The molecule has 0 aromatic carbocycles. The number of aliphatic hydroxyl groups is 2. The number of ether oxygens (including phenoxy) is 1. The van der Waals surface area contributed by atoms with Crippen LogP contribution in [0.5, 0.6) is 0 Å². The normalized spacial score (nSPS) is 14.1. The molecule has 0 aromatic rings. The van der Waals surface area contributed by atoms with Crippen molar-refractivity contribution in [2.24, 2.45) is 0 Å². The van der Waals surface area contributed by atoms with Gasteiger partial charge in [-0.1, -0.05) is 196 Å². The Morgan fingerprint density at radius 1 is 0.517 bits per heavy atom. The molecular weight excluding hydrogens is 719 g/mol. The Labute approximate surface area is 357 Å². The van der Waals surface area contributed by atoms with E-state index in [9.17, 15) is 19.8 Å². The summed E-state index contributed by atoms with van der Waals surface area (Å²) in [4.78, 5) is 26.0. The second-order valence-corrected chi connectivity index (χ2v) is 15.7. The Bertz CT molecular complexity index is 1130. The lowest BCUT2D eigenvalue weighted by molar-refractivity contribution is -0.150. The van der Waals surface area contributed by atoms with Crippen molar-refractivity contribution < 1.29 is 24.5 Å². The summed E-state index contributed by atoms with van der Waals surface area (Å²) in [6, 6.07) is -0.723. The largest absolute Gasteiger partial charge is 0.462 e. The molecule has 0 saturated carbocycles. The number of carbonyl (C=O) groups excluding carboxylic acids is 2. The maximum Gasteiger partial charge on any atom is 0.306 e. The standard InChI is InChI=1S/C52H89NO5/c1-4-7-10-13-16-19-22-24-25-26-27-30-33-36-39-42-45-52(57)58-48(43-40-37-34-31-29-23-20-17-14-11-8-5-2)46-51(56)53-49(47-54)50(55)44-41-38-35-32-28-21-18-15-12-9-6-3/h7-8,10-11,16-17,19-20,24-25,27,30,36,39,48-50,54-55H,4-6,9,12-15,18,21-23,26,28-29,31-35,37-38,40-47H2,1-3H3,(H,53,56)/b10-7+,11-8+,19-16+,20-17+,25-24+,30-27+,39-36+. The molecule has 0 radical (unpaired) electrons. The summed E-state index contributed by atoms with van der Waals surface area (Å²) in [6.07, 6.45) is 57.9. The molecule has 1 amide bonds. The molecule has 0 aliphatic carbocycles. The molecule has 6 heteroatoms. The molecule has 0 rings (SSSR count). The number of allylic oxidation sites excluding steroid dienone is 14. The van der Waals surface area contributed by atoms with E-state index in [0.29, 0.717) is 19.3 Å². The van der Waals surface area contributed by atoms with Crippen LogP contribution in [-0.2, 0) is 14.3 Å². The molecule has 0 bridgehead atoms. The van der Waals surface area contributed by atoms with Crippen LogP contribution in [0.1, 0.15) is 207 Å². The van der Waals surface area contributed by atoms with Gasteiger partial charge in [0.05, 0.1) is 25.2 Å². The predicted molar refractivity (Wildman–Crippen MR) is 250 cm³/mol. The van der Waals surface area contributed by atoms with Crippen molar-refractivity contribution in [3.05, 3.63) is 85.1 Å². The van der Waals surface area contributed by atoms with Crippen molar-refractivity contribution in [1.29, 1.82) is 0 Å². The van der Waals surface area contributed by atoms with Crippen LogP contribution in [0.2, 0.25) is 0 Å². The van der Waals surface area contributed by atoms with Crippen LogP contribution in [-0.4, -0.2) is 46.9 Å². The number of hydrogen-bond donors (Lipinski definition) is 3. The zero-order chi connectivity index (χ0) is 42.4. The lowest BCUT2D eigenvalue weighted by Crippen LogP contribution is -2.46. The van der Waals surface area contributed by atoms with Gasteiger partial charge >= 0.3 is 5.97 Å². The number of amides is 1. The first-order valence-electron chi connectivity index (χ1n) is 23.8. The number of esters is 1. The molecule has 0 aliphatic rings. The van der Waals surface area contributed by atoms with Gasteiger partial charge in [0.25, 0.3) is 0 Å². The van der Waals surface area contributed by atoms with Gasteiger partial charge in [-0.2, -0.15) is 0 Å². The highest BCUT2D eigenvalue weighted by Crippen LogP contribution is 2.17. The summed E-state index contributed by atoms with van der Waals surface area (Å²) in [5, 5.41) is 23.6. The number of aliphatic hydroxyl groups excluding tert-OH is 2. The molecule has 6 nitrogen and oxygen atoms in total. The fourth-order valence-corrected chi connectivity index (χ4v) is 6.69. The molecule has 3 unspecified atom stereocenters. The maximum atomic E-state index is 13.1. The summed E-state index contributed by atoms with van der Waals surface area (Å²) >= 11 is 0. The van der Waals surface area contributed by atoms with Crippen LogP contribution in [0, 0.1) is 0 Å². The fraction of sp³-hybridized carbons (Fsp3) is 0.692. The highest BCUT2D eigenvalue weighted by atomic mass is 16.5. The molecule has 0 heterocycles. The van der Waals surface area contributed by atoms with Gasteiger partial charge < -0.3 is 20.3 Å². The molecule has 0 fully saturated rings. The molecule has 0 aliphatic heterocycles. The molecule has 0 aromatic heterocycles. The zero-order valence-electron chi connectivity index (χ0n) is 37.6. The number of hydrogen-bond acceptors (Lipinski definition) is 5. The predicted octanol–water partition coefficient (Wildman–Crippen LogP) is 14.0. The van der Waals surface area contributed by atoms with Gasteiger partial charge in [-0.3, -0.25) is 9.59 Å². The fourth-order valence-electron chi connectivity index (χ4n) is 6.69. The first kappa shape index (κ1) is 55.0. The van der Waals surface area contributed by atoms with Gasteiger partial charge in [-0.05, 0) is 83.5 Å². The van der Waals surface area contributed by atoms with Crippen molar-refractivity contribution in [2.75, 3.05) is 6.61 Å². The Balaban J connectivity index is 4.73. The van der Waals surface area contributed by atoms with Gasteiger partial charge in [0.2, 0.25) is 5.91 Å². The molecule has 0 spiro atoms. The third-order valence-corrected chi connectivity index (χ3v) is 10.2. The second-order valence-electron chi connectivity index (χ2n) is 15.7. The van der Waals surface area contributed by atoms with Crippen molar-refractivity contribution in [3.8, 4) is 0 Å². The minimum atomic E-state index is -0.806. The quantitative estimate of drug-likeness (QED) is 0.0325. The number of nitrogens with one attached hydrogen (secondary N) is 1. The molecule has 0 saturated heterocycles. The van der Waals surface area contributed by atoms with E-state index in [0.717, 1.165) is 103 Å². The second kappa shape index (κ2) is 45.1. The molecule has 332 valence electrons. The summed E-state index contributed by atoms with van der Waals surface area (Å²) in [6.45, 7) is 6.22. The monoisotopic (exact) mass is 808 g/mol. The average molecular weight is 808 g/mol. The van der Waals surface area contributed by atoms with Crippen LogP contribution in [0.3, 0.4) is 0 Å². The van der Waals surface area contributed by atoms with E-state index in [1.165, 1.54) is 51.4 Å². The Kier molecular flexibility index (Phi) is 42.8. The summed E-state index contributed by atoms with van der Waals surface area (Å²) in [5.41, 5.74) is 0. The lowest BCUT2D eigenvalue weighted by Gasteiger charge is -2.24. The van der Waals surface area contributed by atoms with Crippen molar-refractivity contribution >= 4 is 11.9 Å². The van der Waals surface area contributed by atoms with Crippen LogP contribution in [0.15, 0.2) is 85.1 Å². The van der Waals surface area contributed by atoms with E-state index in [-0.39, 0.29) is 31.3 Å². The number of carbonyl (C=O) groups is 2. The molecule has 3 N–H and O–H groups in total.